The Hall–Kier alpha value is -2.02. The van der Waals surface area contributed by atoms with Gasteiger partial charge in [-0.05, 0) is 39.1 Å². The molecule has 5 nitrogen and oxygen atoms in total. The quantitative estimate of drug-likeness (QED) is 0.456. The van der Waals surface area contributed by atoms with Crippen LogP contribution in [0.25, 0.3) is 20.8 Å². The summed E-state index contributed by atoms with van der Waals surface area (Å²) >= 11 is 1.90. The van der Waals surface area contributed by atoms with Crippen LogP contribution in [0.2, 0.25) is 0 Å². The fourth-order valence-electron chi connectivity index (χ4n) is 4.97. The van der Waals surface area contributed by atoms with Crippen molar-refractivity contribution < 1.29 is 0 Å². The standard InChI is InChI=1S/C25H34N5S/c1-5-19-24-22(31-21-8-6-7-18(2)23(21)26-24)17-20(29-13-9-27(3)10-14-29)25(19)30-15-11-28(4)12-16-30/h6-8,17H,5,9-16H2,1-4H3/q+1. The Morgan fingerprint density at radius 2 is 1.71 bits per heavy atom. The molecule has 0 spiro atoms. The number of aryl methyl sites for hydroxylation is 1. The molecule has 1 aliphatic carbocycles. The van der Waals surface area contributed by atoms with Crippen LogP contribution >= 0.6 is 11.3 Å². The van der Waals surface area contributed by atoms with Gasteiger partial charge in [-0.3, -0.25) is 4.90 Å². The molecule has 2 saturated heterocycles. The van der Waals surface area contributed by atoms with Gasteiger partial charge in [0.25, 0.3) is 0 Å². The Morgan fingerprint density at radius 1 is 1.00 bits per heavy atom. The molecule has 0 N–H and O–H groups in total. The van der Waals surface area contributed by atoms with Gasteiger partial charge < -0.3 is 9.80 Å². The van der Waals surface area contributed by atoms with Crippen molar-refractivity contribution >= 4 is 27.2 Å². The molecule has 0 aromatic heterocycles. The van der Waals surface area contributed by atoms with Crippen LogP contribution < -0.4 is 14.8 Å². The molecule has 0 unspecified atom stereocenters. The van der Waals surface area contributed by atoms with E-state index in [1.54, 1.807) is 0 Å². The van der Waals surface area contributed by atoms with Crippen LogP contribution in [0, 0.1) is 6.92 Å². The van der Waals surface area contributed by atoms with Crippen LogP contribution in [-0.2, 0) is 6.42 Å². The van der Waals surface area contributed by atoms with E-state index in [4.69, 9.17) is 4.98 Å². The maximum atomic E-state index is 5.26. The highest BCUT2D eigenvalue weighted by atomic mass is 32.1. The Kier molecular flexibility index (Phi) is 5.71. The van der Waals surface area contributed by atoms with Gasteiger partial charge in [-0.2, -0.15) is 0 Å². The second-order valence-corrected chi connectivity index (χ2v) is 10.2. The second kappa shape index (κ2) is 8.49. The predicted octanol–water partition coefficient (Wildman–Crippen LogP) is 2.74. The maximum absolute atomic E-state index is 5.26. The molecule has 0 amide bonds. The number of nitrogens with zero attached hydrogens (tertiary/aromatic N) is 5. The van der Waals surface area contributed by atoms with Gasteiger partial charge >= 0.3 is 0 Å². The zero-order valence-corrected chi connectivity index (χ0v) is 20.1. The van der Waals surface area contributed by atoms with Crippen molar-refractivity contribution in [2.45, 2.75) is 20.3 Å². The molecule has 1 aromatic rings. The number of likely N-dealkylation sites (N-methyl/N-ethyl adjacent to an activating group) is 2. The number of anilines is 1. The first-order valence-corrected chi connectivity index (χ1v) is 12.4. The van der Waals surface area contributed by atoms with Gasteiger partial charge in [0.05, 0.1) is 33.9 Å². The third-order valence-electron chi connectivity index (χ3n) is 6.98. The van der Waals surface area contributed by atoms with E-state index in [-0.39, 0.29) is 0 Å². The number of benzene rings is 2. The van der Waals surface area contributed by atoms with E-state index in [0.717, 1.165) is 64.3 Å². The first-order chi connectivity index (χ1) is 15.0. The minimum atomic E-state index is 1.01. The van der Waals surface area contributed by atoms with Gasteiger partial charge in [0.2, 0.25) is 5.36 Å². The molecular weight excluding hydrogens is 402 g/mol. The molecule has 2 fully saturated rings. The Morgan fingerprint density at radius 3 is 2.42 bits per heavy atom. The minimum Gasteiger partial charge on any atom is -0.363 e. The minimum absolute atomic E-state index is 1.01. The summed E-state index contributed by atoms with van der Waals surface area (Å²) in [6.45, 7) is 13.3. The van der Waals surface area contributed by atoms with Gasteiger partial charge in [-0.1, -0.05) is 19.1 Å². The monoisotopic (exact) mass is 436 g/mol. The molecule has 5 rings (SSSR count). The fourth-order valence-corrected chi connectivity index (χ4v) is 6.09. The highest BCUT2D eigenvalue weighted by Crippen LogP contribution is 2.36. The lowest BCUT2D eigenvalue weighted by molar-refractivity contribution is 0.266. The molecule has 0 bridgehead atoms. The Bertz CT molecular complexity index is 1130. The SMILES string of the molecule is CCc1c2nc3c(C)cccc3sc-2cc(=[N+]2CCN(C)CC2)c1N1CCN(C)CC1. The highest BCUT2D eigenvalue weighted by molar-refractivity contribution is 7.21. The lowest BCUT2D eigenvalue weighted by atomic mass is 10.0. The average molecular weight is 437 g/mol. The summed E-state index contributed by atoms with van der Waals surface area (Å²) in [6.07, 6.45) is 1.01. The third-order valence-corrected chi connectivity index (χ3v) is 8.06. The van der Waals surface area contributed by atoms with Gasteiger partial charge in [-0.15, -0.1) is 11.3 Å². The number of aromatic nitrogens is 1. The van der Waals surface area contributed by atoms with E-state index in [9.17, 15) is 0 Å². The van der Waals surface area contributed by atoms with Crippen molar-refractivity contribution in [3.8, 4) is 10.6 Å². The molecule has 1 aromatic carbocycles. The molecule has 3 aliphatic heterocycles. The Labute approximate surface area is 189 Å². The lowest BCUT2D eigenvalue weighted by Gasteiger charge is -2.35. The van der Waals surface area contributed by atoms with Crippen LogP contribution in [0.15, 0.2) is 24.3 Å². The smallest absolute Gasteiger partial charge is 0.225 e. The van der Waals surface area contributed by atoms with Crippen molar-refractivity contribution in [1.82, 2.24) is 19.4 Å². The van der Waals surface area contributed by atoms with E-state index >= 15 is 0 Å². The summed E-state index contributed by atoms with van der Waals surface area (Å²) in [6, 6.07) is 9.00. The van der Waals surface area contributed by atoms with Crippen LogP contribution in [0.4, 0.5) is 5.69 Å². The topological polar surface area (TPSA) is 25.6 Å². The summed E-state index contributed by atoms with van der Waals surface area (Å²) in [4.78, 5) is 14.1. The van der Waals surface area contributed by atoms with E-state index in [1.807, 2.05) is 11.3 Å². The number of rotatable bonds is 2. The maximum Gasteiger partial charge on any atom is 0.225 e. The lowest BCUT2D eigenvalue weighted by Crippen LogP contribution is -2.51. The Balaban J connectivity index is 1.81. The first kappa shape index (κ1) is 20.9. The highest BCUT2D eigenvalue weighted by Gasteiger charge is 2.28. The molecule has 0 saturated carbocycles. The van der Waals surface area contributed by atoms with E-state index < -0.39 is 0 Å². The summed E-state index contributed by atoms with van der Waals surface area (Å²) < 4.78 is 3.91. The van der Waals surface area contributed by atoms with E-state index in [0.29, 0.717) is 0 Å². The van der Waals surface area contributed by atoms with Gasteiger partial charge in [0.15, 0.2) is 13.1 Å². The molecule has 164 valence electrons. The molecule has 31 heavy (non-hydrogen) atoms. The number of fused-ring (bicyclic) bond motifs is 2. The second-order valence-electron chi connectivity index (χ2n) is 9.14. The number of piperazine rings is 2. The van der Waals surface area contributed by atoms with E-state index in [1.165, 1.54) is 37.4 Å². The van der Waals surface area contributed by atoms with Crippen molar-refractivity contribution in [2.24, 2.45) is 0 Å². The summed E-state index contributed by atoms with van der Waals surface area (Å²) in [5.74, 6) is 0. The van der Waals surface area contributed by atoms with Gasteiger partial charge in [-0.25, -0.2) is 9.56 Å². The molecular formula is C25H34N5S+. The molecule has 0 atom stereocenters. The zero-order chi connectivity index (χ0) is 21.5. The van der Waals surface area contributed by atoms with Crippen molar-refractivity contribution in [3.05, 3.63) is 40.7 Å². The predicted molar refractivity (Wildman–Crippen MR) is 133 cm³/mol. The van der Waals surface area contributed by atoms with Crippen LogP contribution in [0.3, 0.4) is 0 Å². The average Bonchev–Trinajstić information content (AvgIpc) is 2.78. The van der Waals surface area contributed by atoms with Gasteiger partial charge in [0, 0.05) is 37.8 Å². The molecule has 4 aliphatic rings. The zero-order valence-electron chi connectivity index (χ0n) is 19.3. The van der Waals surface area contributed by atoms with Crippen molar-refractivity contribution in [1.29, 1.82) is 0 Å². The van der Waals surface area contributed by atoms with Gasteiger partial charge in [0.1, 0.15) is 5.69 Å². The summed E-state index contributed by atoms with van der Waals surface area (Å²) in [5.41, 5.74) is 6.51. The van der Waals surface area contributed by atoms with Crippen LogP contribution in [0.5, 0.6) is 0 Å². The molecule has 6 heteroatoms. The van der Waals surface area contributed by atoms with Crippen LogP contribution in [0.1, 0.15) is 18.1 Å². The number of hydrogen-bond acceptors (Lipinski definition) is 5. The largest absolute Gasteiger partial charge is 0.363 e. The first-order valence-electron chi connectivity index (χ1n) is 11.6. The van der Waals surface area contributed by atoms with E-state index in [2.05, 4.69) is 71.5 Å². The summed E-state index contributed by atoms with van der Waals surface area (Å²) in [7, 11) is 4.47. The number of para-hydroxylation sites is 1. The van der Waals surface area contributed by atoms with Crippen molar-refractivity contribution in [2.75, 3.05) is 71.4 Å². The number of hydrogen-bond donors (Lipinski definition) is 0. The fraction of sp³-hybridized carbons (Fsp3) is 0.520. The molecule has 0 radical (unpaired) electrons. The third kappa shape index (κ3) is 3.86. The van der Waals surface area contributed by atoms with Crippen molar-refractivity contribution in [3.63, 3.8) is 0 Å². The van der Waals surface area contributed by atoms with Crippen LogP contribution in [-0.4, -0.2) is 81.2 Å². The molecule has 3 heterocycles. The normalized spacial score (nSPS) is 19.0. The summed E-state index contributed by atoms with van der Waals surface area (Å²) in [5, 5.41) is 1.42.